The number of likely N-dealkylation sites (N-methyl/N-ethyl adjacent to an activating group) is 1. The lowest BCUT2D eigenvalue weighted by Crippen LogP contribution is -2.28. The van der Waals surface area contributed by atoms with Crippen LogP contribution in [-0.2, 0) is 29.5 Å². The van der Waals surface area contributed by atoms with E-state index in [0.29, 0.717) is 13.0 Å². The lowest BCUT2D eigenvalue weighted by molar-refractivity contribution is -0.438. The van der Waals surface area contributed by atoms with Gasteiger partial charge in [-0.25, -0.2) is 4.57 Å². The molecule has 2 aromatic carbocycles. The number of phosphoric ester groups is 1. The fourth-order valence-electron chi connectivity index (χ4n) is 6.49. The van der Waals surface area contributed by atoms with Gasteiger partial charge in [-0.3, -0.25) is 9.32 Å². The van der Waals surface area contributed by atoms with Crippen molar-refractivity contribution in [3.05, 3.63) is 83.6 Å². The van der Waals surface area contributed by atoms with Crippen molar-refractivity contribution in [3.8, 4) is 0 Å². The lowest BCUT2D eigenvalue weighted by atomic mass is 9.81. The summed E-state index contributed by atoms with van der Waals surface area (Å²) >= 11 is 0. The smallest absolute Gasteiger partial charge is 0.377 e. The van der Waals surface area contributed by atoms with Crippen LogP contribution in [0.5, 0.6) is 0 Å². The van der Waals surface area contributed by atoms with Crippen molar-refractivity contribution in [2.24, 2.45) is 0 Å². The summed E-state index contributed by atoms with van der Waals surface area (Å²) in [4.78, 5) is 32.0. The maximum atomic E-state index is 12.2. The number of allylic oxidation sites excluding steroid dienone is 4. The maximum absolute atomic E-state index is 12.2. The first kappa shape index (κ1) is 34.8. The van der Waals surface area contributed by atoms with Crippen LogP contribution in [0.15, 0.2) is 72.5 Å². The number of carbonyl (C=O) groups is 1. The van der Waals surface area contributed by atoms with Crippen molar-refractivity contribution in [1.82, 2.24) is 5.32 Å². The number of amides is 1. The molecular weight excluding hydrogens is 589 g/mol. The molecule has 0 aliphatic carbocycles. The molecule has 2 aromatic rings. The van der Waals surface area contributed by atoms with E-state index in [1.807, 2.05) is 0 Å². The average molecular weight is 639 g/mol. The molecule has 0 unspecified atom stereocenters. The molecule has 2 aliphatic rings. The summed E-state index contributed by atoms with van der Waals surface area (Å²) in [5, 5.41) is 2.83. The predicted octanol–water partition coefficient (Wildman–Crippen LogP) is 6.12. The molecule has 3 N–H and O–H groups in total. The van der Waals surface area contributed by atoms with Crippen molar-refractivity contribution in [2.45, 2.75) is 71.1 Å². The van der Waals surface area contributed by atoms with Crippen molar-refractivity contribution in [2.75, 3.05) is 44.4 Å². The molecule has 0 bridgehead atoms. The largest absolute Gasteiger partial charge is 0.469 e. The molecule has 0 saturated heterocycles. The molecular formula is C35H49N3O6P+. The quantitative estimate of drug-likeness (QED) is 0.115. The van der Waals surface area contributed by atoms with Crippen molar-refractivity contribution >= 4 is 30.8 Å². The van der Waals surface area contributed by atoms with E-state index in [0.717, 1.165) is 32.4 Å². The van der Waals surface area contributed by atoms with Crippen molar-refractivity contribution in [3.63, 3.8) is 0 Å². The topological polar surface area (TPSA) is 111 Å². The third kappa shape index (κ3) is 8.40. The Morgan fingerprint density at radius 1 is 0.956 bits per heavy atom. The van der Waals surface area contributed by atoms with Gasteiger partial charge in [-0.2, -0.15) is 4.58 Å². The van der Waals surface area contributed by atoms with Crippen LogP contribution in [0.1, 0.15) is 71.4 Å². The van der Waals surface area contributed by atoms with E-state index in [9.17, 15) is 9.36 Å². The number of phosphoric acid groups is 1. The van der Waals surface area contributed by atoms with Crippen LogP contribution in [0.2, 0.25) is 0 Å². The second-order valence-corrected chi connectivity index (χ2v) is 13.8. The Morgan fingerprint density at radius 2 is 1.67 bits per heavy atom. The molecule has 10 heteroatoms. The molecule has 2 aliphatic heterocycles. The van der Waals surface area contributed by atoms with E-state index < -0.39 is 7.82 Å². The van der Waals surface area contributed by atoms with Gasteiger partial charge in [0.25, 0.3) is 0 Å². The van der Waals surface area contributed by atoms with E-state index in [4.69, 9.17) is 14.5 Å². The zero-order valence-corrected chi connectivity index (χ0v) is 28.2. The van der Waals surface area contributed by atoms with Gasteiger partial charge < -0.3 is 24.7 Å². The number of nitrogens with zero attached hydrogens (tertiary/aromatic N) is 2. The minimum atomic E-state index is -4.48. The van der Waals surface area contributed by atoms with Crippen LogP contribution in [0.25, 0.3) is 0 Å². The van der Waals surface area contributed by atoms with Gasteiger partial charge in [-0.1, -0.05) is 56.3 Å². The van der Waals surface area contributed by atoms with Crippen LogP contribution in [-0.4, -0.2) is 65.4 Å². The van der Waals surface area contributed by atoms with Crippen molar-refractivity contribution in [1.29, 1.82) is 0 Å². The van der Waals surface area contributed by atoms with Crippen LogP contribution in [0, 0.1) is 0 Å². The number of carbonyl (C=O) groups excluding carboxylic acids is 1. The highest BCUT2D eigenvalue weighted by molar-refractivity contribution is 7.46. The Kier molecular flexibility index (Phi) is 11.6. The fraction of sp³-hybridized carbons (Fsp3) is 0.486. The molecule has 0 aromatic heterocycles. The Morgan fingerprint density at radius 3 is 2.40 bits per heavy atom. The summed E-state index contributed by atoms with van der Waals surface area (Å²) in [6, 6.07) is 17.4. The summed E-state index contributed by atoms with van der Waals surface area (Å²) in [6.45, 7) is 13.6. The molecule has 9 nitrogen and oxygen atoms in total. The Hall–Kier alpha value is -3.07. The summed E-state index contributed by atoms with van der Waals surface area (Å²) in [7, 11) is -4.48. The summed E-state index contributed by atoms with van der Waals surface area (Å²) in [6.07, 6.45) is 9.93. The van der Waals surface area contributed by atoms with E-state index >= 15 is 0 Å². The molecule has 0 saturated carbocycles. The average Bonchev–Trinajstić information content (AvgIpc) is 3.34. The second-order valence-electron chi connectivity index (χ2n) is 12.6. The zero-order valence-electron chi connectivity index (χ0n) is 27.3. The van der Waals surface area contributed by atoms with Gasteiger partial charge in [0.1, 0.15) is 6.54 Å². The van der Waals surface area contributed by atoms with Gasteiger partial charge in [0.2, 0.25) is 11.6 Å². The SMILES string of the molecule is CCN1C(=CC=CC2=[N+](CCCCCC(=O)NCCOCCOP(=O)(O)O)c3ccccc3C2(C)C)C(C)(C)c2ccccc21. The monoisotopic (exact) mass is 638 g/mol. The summed E-state index contributed by atoms with van der Waals surface area (Å²) < 4.78 is 22.6. The maximum Gasteiger partial charge on any atom is 0.469 e. The van der Waals surface area contributed by atoms with Gasteiger partial charge in [0.05, 0.1) is 25.2 Å². The number of fused-ring (bicyclic) bond motifs is 2. The van der Waals surface area contributed by atoms with Gasteiger partial charge in [-0.15, -0.1) is 0 Å². The summed E-state index contributed by atoms with van der Waals surface area (Å²) in [5.74, 6) is -0.0287. The molecule has 0 radical (unpaired) electrons. The predicted molar refractivity (Wildman–Crippen MR) is 179 cm³/mol. The zero-order chi connectivity index (χ0) is 32.7. The first-order valence-corrected chi connectivity index (χ1v) is 17.5. The Balaban J connectivity index is 1.35. The molecule has 0 atom stereocenters. The number of hydrogen-bond donors (Lipinski definition) is 3. The first-order valence-electron chi connectivity index (χ1n) is 15.9. The number of ether oxygens (including phenoxy) is 1. The number of para-hydroxylation sites is 2. The van der Waals surface area contributed by atoms with E-state index in [1.165, 1.54) is 33.9 Å². The second kappa shape index (κ2) is 15.0. The number of hydrogen-bond acceptors (Lipinski definition) is 5. The van der Waals surface area contributed by atoms with Crippen LogP contribution in [0.3, 0.4) is 0 Å². The van der Waals surface area contributed by atoms with Gasteiger partial charge in [-0.05, 0) is 51.3 Å². The van der Waals surface area contributed by atoms with E-state index in [2.05, 4.69) is 121 Å². The van der Waals surface area contributed by atoms with Crippen LogP contribution >= 0.6 is 7.82 Å². The Labute approximate surface area is 267 Å². The fourth-order valence-corrected chi connectivity index (χ4v) is 6.81. The molecule has 4 rings (SSSR count). The van der Waals surface area contributed by atoms with Crippen molar-refractivity contribution < 1.29 is 33.0 Å². The van der Waals surface area contributed by atoms with Gasteiger partial charge in [0, 0.05) is 60.4 Å². The normalized spacial score (nSPS) is 17.8. The number of nitrogens with one attached hydrogen (secondary N) is 1. The summed E-state index contributed by atoms with van der Waals surface area (Å²) in [5.41, 5.74) is 7.62. The van der Waals surface area contributed by atoms with Crippen LogP contribution < -0.4 is 10.2 Å². The highest BCUT2D eigenvalue weighted by Crippen LogP contribution is 2.47. The minimum Gasteiger partial charge on any atom is -0.377 e. The standard InChI is InChI=1S/C35H48N3O6P/c1-6-37-29-17-11-9-15-27(29)34(2,3)31(37)19-14-20-32-35(4,5)28-16-10-12-18-30(28)38(32)23-13-7-8-21-33(39)36-22-24-43-25-26-44-45(40,41)42/h9-12,14-20H,6-8,13,21-26H2,1-5H3,(H2-,36,39,40,41,42)/p+1. The molecule has 0 spiro atoms. The molecule has 1 amide bonds. The third-order valence-electron chi connectivity index (χ3n) is 8.76. The first-order chi connectivity index (χ1) is 21.4. The molecule has 45 heavy (non-hydrogen) atoms. The number of unbranched alkanes of at least 4 members (excludes halogenated alkanes) is 2. The highest BCUT2D eigenvalue weighted by Gasteiger charge is 2.44. The number of anilines is 1. The minimum absolute atomic E-state index is 0.0287. The molecule has 2 heterocycles. The molecule has 244 valence electrons. The van der Waals surface area contributed by atoms with Crippen LogP contribution in [0.4, 0.5) is 11.4 Å². The number of rotatable bonds is 16. The van der Waals surface area contributed by atoms with Gasteiger partial charge in [0.15, 0.2) is 5.71 Å². The Bertz CT molecular complexity index is 1490. The lowest BCUT2D eigenvalue weighted by Gasteiger charge is -2.25. The highest BCUT2D eigenvalue weighted by atomic mass is 31.2. The number of benzene rings is 2. The molecule has 0 fully saturated rings. The third-order valence-corrected chi connectivity index (χ3v) is 9.28. The van der Waals surface area contributed by atoms with Gasteiger partial charge >= 0.3 is 7.82 Å². The van der Waals surface area contributed by atoms with E-state index in [-0.39, 0.29) is 36.6 Å². The van der Waals surface area contributed by atoms with E-state index in [1.54, 1.807) is 0 Å².